The number of anilines is 2. The van der Waals surface area contributed by atoms with Crippen LogP contribution in [-0.4, -0.2) is 46.7 Å². The van der Waals surface area contributed by atoms with E-state index in [0.717, 1.165) is 12.2 Å². The molecule has 0 aliphatic rings. The summed E-state index contributed by atoms with van der Waals surface area (Å²) in [5.41, 5.74) is 2.44. The first-order valence-electron chi connectivity index (χ1n) is 6.23. The number of nitrogens with zero attached hydrogens (tertiary/aromatic N) is 4. The number of ether oxygens (including phenoxy) is 1. The van der Waals surface area contributed by atoms with Gasteiger partial charge in [0.1, 0.15) is 0 Å². The Kier molecular flexibility index (Phi) is 6.65. The molecule has 0 saturated heterocycles. The van der Waals surface area contributed by atoms with Crippen LogP contribution in [0, 0.1) is 0 Å². The van der Waals surface area contributed by atoms with Gasteiger partial charge in [0.25, 0.3) is 0 Å². The van der Waals surface area contributed by atoms with E-state index in [1.165, 1.54) is 0 Å². The molecule has 0 aliphatic heterocycles. The Bertz CT molecular complexity index is 391. The average Bonchev–Trinajstić information content (AvgIpc) is 2.44. The third kappa shape index (κ3) is 4.39. The van der Waals surface area contributed by atoms with E-state index in [0.29, 0.717) is 24.5 Å². The summed E-state index contributed by atoms with van der Waals surface area (Å²) in [6.07, 6.45) is 3.10. The normalized spacial score (nSPS) is 12.1. The third-order valence-corrected chi connectivity index (χ3v) is 3.42. The Morgan fingerprint density at radius 2 is 2.11 bits per heavy atom. The first kappa shape index (κ1) is 15.8. The van der Waals surface area contributed by atoms with Gasteiger partial charge in [0.05, 0.1) is 6.61 Å². The van der Waals surface area contributed by atoms with Gasteiger partial charge in [-0.3, -0.25) is 5.43 Å². The van der Waals surface area contributed by atoms with E-state index < -0.39 is 0 Å². The van der Waals surface area contributed by atoms with Crippen LogP contribution in [0.1, 0.15) is 20.3 Å². The predicted octanol–water partition coefficient (Wildman–Crippen LogP) is 1.13. The van der Waals surface area contributed by atoms with Gasteiger partial charge in [0, 0.05) is 18.8 Å². The Balaban J connectivity index is 2.99. The molecule has 108 valence electrons. The molecule has 0 amide bonds. The number of hydrogen-bond acceptors (Lipinski definition) is 8. The monoisotopic (exact) mass is 286 g/mol. The van der Waals surface area contributed by atoms with Crippen molar-refractivity contribution in [3.05, 3.63) is 0 Å². The van der Waals surface area contributed by atoms with E-state index in [2.05, 4.69) is 33.6 Å². The van der Waals surface area contributed by atoms with Crippen LogP contribution < -0.4 is 20.9 Å². The van der Waals surface area contributed by atoms with Gasteiger partial charge in [-0.1, -0.05) is 6.92 Å². The van der Waals surface area contributed by atoms with Crippen molar-refractivity contribution >= 4 is 23.7 Å². The molecule has 1 aromatic rings. The molecular weight excluding hydrogens is 264 g/mol. The molecule has 1 atom stereocenters. The molecule has 1 heterocycles. The predicted molar refractivity (Wildman–Crippen MR) is 79.7 cm³/mol. The summed E-state index contributed by atoms with van der Waals surface area (Å²) < 4.78 is 5.32. The van der Waals surface area contributed by atoms with E-state index in [-0.39, 0.29) is 6.01 Å². The van der Waals surface area contributed by atoms with Crippen molar-refractivity contribution in [3.8, 4) is 6.01 Å². The Labute approximate surface area is 118 Å². The number of aromatic nitrogens is 3. The summed E-state index contributed by atoms with van der Waals surface area (Å²) in [7, 11) is 1.97. The molecule has 1 aromatic heterocycles. The maximum atomic E-state index is 5.37. The smallest absolute Gasteiger partial charge is 0.323 e. The lowest BCUT2D eigenvalue weighted by molar-refractivity contribution is 0.312. The number of nitrogens with one attached hydrogen (secondary N) is 1. The van der Waals surface area contributed by atoms with Crippen LogP contribution in [0.3, 0.4) is 0 Å². The van der Waals surface area contributed by atoms with Crippen molar-refractivity contribution in [2.75, 3.05) is 36.0 Å². The molecule has 0 aliphatic carbocycles. The Hall–Kier alpha value is -1.28. The van der Waals surface area contributed by atoms with Gasteiger partial charge in [0.2, 0.25) is 11.9 Å². The second kappa shape index (κ2) is 8.00. The average molecular weight is 286 g/mol. The molecular formula is C11H22N6OS. The van der Waals surface area contributed by atoms with Crippen molar-refractivity contribution in [3.63, 3.8) is 0 Å². The first-order chi connectivity index (χ1) is 9.15. The number of nitrogen functional groups attached to an aromatic ring is 1. The quantitative estimate of drug-likeness (QED) is 0.543. The number of nitrogens with two attached hydrogens (primary N) is 1. The minimum Gasteiger partial charge on any atom is -0.464 e. The molecule has 0 bridgehead atoms. The van der Waals surface area contributed by atoms with Crippen LogP contribution in [0.15, 0.2) is 0 Å². The van der Waals surface area contributed by atoms with Crippen LogP contribution in [-0.2, 0) is 0 Å². The van der Waals surface area contributed by atoms with Gasteiger partial charge in [-0.05, 0) is 19.6 Å². The molecule has 0 fully saturated rings. The van der Waals surface area contributed by atoms with E-state index in [1.807, 2.05) is 18.9 Å². The van der Waals surface area contributed by atoms with E-state index in [9.17, 15) is 0 Å². The largest absolute Gasteiger partial charge is 0.464 e. The van der Waals surface area contributed by atoms with Crippen LogP contribution in [0.5, 0.6) is 6.01 Å². The fraction of sp³-hybridized carbons (Fsp3) is 0.727. The fourth-order valence-electron chi connectivity index (χ4n) is 1.62. The Morgan fingerprint density at radius 1 is 1.37 bits per heavy atom. The lowest BCUT2D eigenvalue weighted by Crippen LogP contribution is -2.35. The summed E-state index contributed by atoms with van der Waals surface area (Å²) in [5.74, 6) is 7.25. The van der Waals surface area contributed by atoms with Gasteiger partial charge >= 0.3 is 6.01 Å². The van der Waals surface area contributed by atoms with Crippen molar-refractivity contribution in [1.82, 2.24) is 15.0 Å². The minimum atomic E-state index is 0.284. The zero-order valence-corrected chi connectivity index (χ0v) is 12.7. The summed E-state index contributed by atoms with van der Waals surface area (Å²) in [6.45, 7) is 4.52. The van der Waals surface area contributed by atoms with Gasteiger partial charge in [-0.2, -0.15) is 26.7 Å². The number of rotatable bonds is 8. The van der Waals surface area contributed by atoms with Crippen molar-refractivity contribution in [2.24, 2.45) is 5.84 Å². The highest BCUT2D eigenvalue weighted by Crippen LogP contribution is 2.18. The van der Waals surface area contributed by atoms with Crippen LogP contribution >= 0.6 is 11.8 Å². The zero-order valence-electron chi connectivity index (χ0n) is 11.9. The highest BCUT2D eigenvalue weighted by molar-refractivity contribution is 7.98. The lowest BCUT2D eigenvalue weighted by atomic mass is 10.2. The van der Waals surface area contributed by atoms with Gasteiger partial charge in [-0.15, -0.1) is 0 Å². The van der Waals surface area contributed by atoms with Crippen molar-refractivity contribution in [2.45, 2.75) is 26.3 Å². The maximum absolute atomic E-state index is 5.37. The lowest BCUT2D eigenvalue weighted by Gasteiger charge is -2.26. The molecule has 1 unspecified atom stereocenters. The standard InChI is InChI=1S/C11H22N6OS/c1-5-8(7-19-4)17(3)10-13-9(16-12)14-11(15-10)18-6-2/h8H,5-7,12H2,1-4H3,(H,13,14,15,16). The molecule has 0 radical (unpaired) electrons. The van der Waals surface area contributed by atoms with Crippen LogP contribution in [0.4, 0.5) is 11.9 Å². The van der Waals surface area contributed by atoms with Crippen LogP contribution in [0.25, 0.3) is 0 Å². The fourth-order valence-corrected chi connectivity index (χ4v) is 2.47. The second-order valence-corrected chi connectivity index (χ2v) is 4.86. The molecule has 0 aromatic carbocycles. The third-order valence-electron chi connectivity index (χ3n) is 2.70. The molecule has 8 heteroatoms. The minimum absolute atomic E-state index is 0.284. The van der Waals surface area contributed by atoms with E-state index in [4.69, 9.17) is 10.6 Å². The summed E-state index contributed by atoms with van der Waals surface area (Å²) in [5, 5.41) is 0. The molecule has 0 saturated carbocycles. The highest BCUT2D eigenvalue weighted by atomic mass is 32.2. The SMILES string of the molecule is CCOc1nc(NN)nc(N(C)C(CC)CSC)n1. The number of hydrazine groups is 1. The topological polar surface area (TPSA) is 89.2 Å². The number of hydrogen-bond donors (Lipinski definition) is 2. The van der Waals surface area contributed by atoms with Gasteiger partial charge in [-0.25, -0.2) is 5.84 Å². The molecule has 0 spiro atoms. The van der Waals surface area contributed by atoms with E-state index >= 15 is 0 Å². The molecule has 7 nitrogen and oxygen atoms in total. The molecule has 19 heavy (non-hydrogen) atoms. The van der Waals surface area contributed by atoms with Crippen LogP contribution in [0.2, 0.25) is 0 Å². The van der Waals surface area contributed by atoms with Gasteiger partial charge < -0.3 is 9.64 Å². The highest BCUT2D eigenvalue weighted by Gasteiger charge is 2.17. The second-order valence-electron chi connectivity index (χ2n) is 3.95. The van der Waals surface area contributed by atoms with Gasteiger partial charge in [0.15, 0.2) is 0 Å². The summed E-state index contributed by atoms with van der Waals surface area (Å²) >= 11 is 1.80. The first-order valence-corrected chi connectivity index (χ1v) is 7.62. The maximum Gasteiger partial charge on any atom is 0.323 e. The Morgan fingerprint density at radius 3 is 2.63 bits per heavy atom. The van der Waals surface area contributed by atoms with Crippen molar-refractivity contribution < 1.29 is 4.74 Å². The summed E-state index contributed by atoms with van der Waals surface area (Å²) in [4.78, 5) is 14.6. The van der Waals surface area contributed by atoms with E-state index in [1.54, 1.807) is 11.8 Å². The zero-order chi connectivity index (χ0) is 14.3. The summed E-state index contributed by atoms with van der Waals surface area (Å²) in [6, 6.07) is 0.642. The van der Waals surface area contributed by atoms with Crippen molar-refractivity contribution in [1.29, 1.82) is 0 Å². The molecule has 1 rings (SSSR count). The number of thioether (sulfide) groups is 1. The molecule has 3 N–H and O–H groups in total.